The maximum Gasteiger partial charge on any atom is 0.230 e. The first kappa shape index (κ1) is 18.2. The SMILES string of the molecule is CC(C)CCN1C[C@]23C=C[C@H](O2)[C@H](C(=O)N(C)CCc2cn[nH]c2)[C@@H]3C1=O. The highest BCUT2D eigenvalue weighted by Gasteiger charge is 2.66. The summed E-state index contributed by atoms with van der Waals surface area (Å²) < 4.78 is 6.19. The molecule has 4 atom stereocenters. The van der Waals surface area contributed by atoms with Crippen LogP contribution < -0.4 is 0 Å². The van der Waals surface area contributed by atoms with Crippen molar-refractivity contribution in [2.75, 3.05) is 26.7 Å². The van der Waals surface area contributed by atoms with Crippen LogP contribution in [0.4, 0.5) is 0 Å². The van der Waals surface area contributed by atoms with Gasteiger partial charge in [-0.25, -0.2) is 0 Å². The fraction of sp³-hybridized carbons (Fsp3) is 0.650. The van der Waals surface area contributed by atoms with Gasteiger partial charge in [-0.2, -0.15) is 5.10 Å². The van der Waals surface area contributed by atoms with E-state index in [0.29, 0.717) is 19.0 Å². The Morgan fingerprint density at radius 3 is 3.04 bits per heavy atom. The van der Waals surface area contributed by atoms with Gasteiger partial charge in [0.1, 0.15) is 5.60 Å². The third kappa shape index (κ3) is 3.08. The molecule has 3 aliphatic rings. The second-order valence-corrected chi connectivity index (χ2v) is 8.46. The lowest BCUT2D eigenvalue weighted by Gasteiger charge is -2.27. The van der Waals surface area contributed by atoms with Crippen LogP contribution in [0.5, 0.6) is 0 Å². The first-order valence-electron chi connectivity index (χ1n) is 9.80. The molecule has 2 fully saturated rings. The number of nitrogens with one attached hydrogen (secondary N) is 1. The molecule has 146 valence electrons. The molecule has 7 nitrogen and oxygen atoms in total. The fourth-order valence-corrected chi connectivity index (χ4v) is 4.54. The quantitative estimate of drug-likeness (QED) is 0.731. The molecule has 0 aliphatic carbocycles. The van der Waals surface area contributed by atoms with E-state index in [4.69, 9.17) is 4.74 Å². The van der Waals surface area contributed by atoms with Crippen LogP contribution in [0.15, 0.2) is 24.5 Å². The van der Waals surface area contributed by atoms with E-state index in [-0.39, 0.29) is 23.8 Å². The lowest BCUT2D eigenvalue weighted by atomic mass is 9.76. The molecule has 3 aliphatic heterocycles. The third-order valence-corrected chi connectivity index (χ3v) is 6.11. The summed E-state index contributed by atoms with van der Waals surface area (Å²) in [6.45, 7) is 6.20. The molecule has 1 aromatic rings. The minimum Gasteiger partial charge on any atom is -0.360 e. The van der Waals surface area contributed by atoms with Crippen LogP contribution in [0.3, 0.4) is 0 Å². The van der Waals surface area contributed by atoms with Crippen LogP contribution in [0.2, 0.25) is 0 Å². The molecule has 1 spiro atoms. The van der Waals surface area contributed by atoms with E-state index in [2.05, 4.69) is 24.0 Å². The average Bonchev–Trinajstić information content (AvgIpc) is 3.39. The summed E-state index contributed by atoms with van der Waals surface area (Å²) in [4.78, 5) is 29.9. The number of fused-ring (bicyclic) bond motifs is 1. The van der Waals surface area contributed by atoms with Crippen LogP contribution in [-0.2, 0) is 20.7 Å². The standard InChI is InChI=1S/C20H28N4O3/c1-13(2)5-9-24-12-20-7-4-15(27-20)16(17(20)19(24)26)18(25)23(3)8-6-14-10-21-22-11-14/h4,7,10-11,13,15-17H,5-6,8-9,12H2,1-3H3,(H,21,22)/t15-,16-,17+,20-/m0/s1. The van der Waals surface area contributed by atoms with Gasteiger partial charge in [0, 0.05) is 26.3 Å². The summed E-state index contributed by atoms with van der Waals surface area (Å²) in [5, 5.41) is 6.72. The van der Waals surface area contributed by atoms with Crippen molar-refractivity contribution in [1.29, 1.82) is 0 Å². The number of aromatic amines is 1. The van der Waals surface area contributed by atoms with Crippen molar-refractivity contribution < 1.29 is 14.3 Å². The Hall–Kier alpha value is -2.15. The molecule has 0 radical (unpaired) electrons. The maximum atomic E-state index is 13.2. The zero-order valence-electron chi connectivity index (χ0n) is 16.2. The second-order valence-electron chi connectivity index (χ2n) is 8.46. The Labute approximate surface area is 159 Å². The normalized spacial score (nSPS) is 31.2. The molecule has 4 heterocycles. The number of ether oxygens (including phenoxy) is 1. The molecule has 4 rings (SSSR count). The van der Waals surface area contributed by atoms with Gasteiger partial charge < -0.3 is 14.5 Å². The van der Waals surface area contributed by atoms with Gasteiger partial charge in [-0.05, 0) is 24.3 Å². The highest BCUT2D eigenvalue weighted by Crippen LogP contribution is 2.52. The van der Waals surface area contributed by atoms with Gasteiger partial charge in [0.05, 0.1) is 30.7 Å². The predicted molar refractivity (Wildman–Crippen MR) is 99.7 cm³/mol. The largest absolute Gasteiger partial charge is 0.360 e. The molecule has 27 heavy (non-hydrogen) atoms. The third-order valence-electron chi connectivity index (χ3n) is 6.11. The number of amides is 2. The van der Waals surface area contributed by atoms with Crippen molar-refractivity contribution in [2.45, 2.75) is 38.4 Å². The summed E-state index contributed by atoms with van der Waals surface area (Å²) in [7, 11) is 1.81. The number of aromatic nitrogens is 2. The smallest absolute Gasteiger partial charge is 0.230 e. The van der Waals surface area contributed by atoms with Crippen molar-refractivity contribution in [2.24, 2.45) is 17.8 Å². The molecular weight excluding hydrogens is 344 g/mol. The van der Waals surface area contributed by atoms with Gasteiger partial charge in [-0.3, -0.25) is 14.7 Å². The summed E-state index contributed by atoms with van der Waals surface area (Å²) in [5.41, 5.74) is 0.455. The number of nitrogens with zero attached hydrogens (tertiary/aromatic N) is 3. The van der Waals surface area contributed by atoms with Crippen LogP contribution in [-0.4, -0.2) is 70.2 Å². The van der Waals surface area contributed by atoms with Gasteiger partial charge in [-0.15, -0.1) is 0 Å². The molecule has 0 saturated carbocycles. The van der Waals surface area contributed by atoms with Crippen molar-refractivity contribution in [3.63, 3.8) is 0 Å². The summed E-state index contributed by atoms with van der Waals surface area (Å²) >= 11 is 0. The molecule has 1 N–H and O–H groups in total. The lowest BCUT2D eigenvalue weighted by molar-refractivity contribution is -0.142. The first-order chi connectivity index (χ1) is 12.9. The number of carbonyl (C=O) groups is 2. The highest BCUT2D eigenvalue weighted by atomic mass is 16.5. The van der Waals surface area contributed by atoms with E-state index in [1.54, 1.807) is 18.1 Å². The zero-order chi connectivity index (χ0) is 19.2. The maximum absolute atomic E-state index is 13.2. The Balaban J connectivity index is 1.46. The molecule has 7 heteroatoms. The van der Waals surface area contributed by atoms with E-state index < -0.39 is 11.5 Å². The van der Waals surface area contributed by atoms with Crippen LogP contribution in [0.1, 0.15) is 25.8 Å². The monoisotopic (exact) mass is 372 g/mol. The van der Waals surface area contributed by atoms with Gasteiger partial charge in [0.2, 0.25) is 11.8 Å². The van der Waals surface area contributed by atoms with E-state index in [1.807, 2.05) is 23.2 Å². The van der Waals surface area contributed by atoms with E-state index in [0.717, 1.165) is 24.9 Å². The number of carbonyl (C=O) groups excluding carboxylic acids is 2. The molecule has 1 aromatic heterocycles. The summed E-state index contributed by atoms with van der Waals surface area (Å²) in [6.07, 6.45) is 9.01. The van der Waals surface area contributed by atoms with Crippen LogP contribution in [0, 0.1) is 17.8 Å². The Bertz CT molecular complexity index is 744. The predicted octanol–water partition coefficient (Wildman–Crippen LogP) is 1.24. The number of hydrogen-bond donors (Lipinski definition) is 1. The van der Waals surface area contributed by atoms with E-state index >= 15 is 0 Å². The number of rotatable bonds is 7. The fourth-order valence-electron chi connectivity index (χ4n) is 4.54. The zero-order valence-corrected chi connectivity index (χ0v) is 16.2. The molecule has 0 aromatic carbocycles. The number of H-pyrrole nitrogens is 1. The Kier molecular flexibility index (Phi) is 4.58. The lowest BCUT2D eigenvalue weighted by Crippen LogP contribution is -2.45. The molecule has 0 unspecified atom stereocenters. The minimum absolute atomic E-state index is 0.00113. The number of likely N-dealkylation sites (tertiary alicyclic amines) is 1. The number of hydrogen-bond acceptors (Lipinski definition) is 4. The molecule has 2 amide bonds. The second kappa shape index (κ2) is 6.78. The molecule has 2 bridgehead atoms. The van der Waals surface area contributed by atoms with Gasteiger partial charge in [0.15, 0.2) is 0 Å². The Morgan fingerprint density at radius 2 is 2.33 bits per heavy atom. The minimum atomic E-state index is -0.607. The van der Waals surface area contributed by atoms with E-state index in [1.165, 1.54) is 0 Å². The van der Waals surface area contributed by atoms with Gasteiger partial charge in [0.25, 0.3) is 0 Å². The van der Waals surface area contributed by atoms with Crippen molar-refractivity contribution in [3.05, 3.63) is 30.1 Å². The van der Waals surface area contributed by atoms with Crippen molar-refractivity contribution in [1.82, 2.24) is 20.0 Å². The number of likely N-dealkylation sites (N-methyl/N-ethyl adjacent to an activating group) is 1. The van der Waals surface area contributed by atoms with Crippen molar-refractivity contribution >= 4 is 11.8 Å². The highest BCUT2D eigenvalue weighted by molar-refractivity contribution is 5.93. The van der Waals surface area contributed by atoms with Gasteiger partial charge in [-0.1, -0.05) is 26.0 Å². The van der Waals surface area contributed by atoms with Crippen molar-refractivity contribution in [3.8, 4) is 0 Å². The molecular formula is C20H28N4O3. The average molecular weight is 372 g/mol. The molecule has 2 saturated heterocycles. The van der Waals surface area contributed by atoms with Crippen LogP contribution in [0.25, 0.3) is 0 Å². The summed E-state index contributed by atoms with van der Waals surface area (Å²) in [5.74, 6) is -0.192. The van der Waals surface area contributed by atoms with E-state index in [9.17, 15) is 9.59 Å². The summed E-state index contributed by atoms with van der Waals surface area (Å²) in [6, 6.07) is 0. The van der Waals surface area contributed by atoms with Crippen LogP contribution >= 0.6 is 0 Å². The first-order valence-corrected chi connectivity index (χ1v) is 9.80. The topological polar surface area (TPSA) is 78.5 Å². The van der Waals surface area contributed by atoms with Gasteiger partial charge >= 0.3 is 0 Å². The Morgan fingerprint density at radius 1 is 1.52 bits per heavy atom.